The number of carbonyl (C=O) groups is 1. The van der Waals surface area contributed by atoms with E-state index in [0.29, 0.717) is 6.54 Å². The molecule has 0 aliphatic heterocycles. The second kappa shape index (κ2) is 6.01. The lowest BCUT2D eigenvalue weighted by Crippen LogP contribution is -2.41. The Morgan fingerprint density at radius 1 is 1.28 bits per heavy atom. The fourth-order valence-corrected chi connectivity index (χ4v) is 1.92. The summed E-state index contributed by atoms with van der Waals surface area (Å²) in [4.78, 5) is 11.6. The van der Waals surface area contributed by atoms with Gasteiger partial charge in [-0.1, -0.05) is 23.8 Å². The Kier molecular flexibility index (Phi) is 4.91. The molecule has 0 bridgehead atoms. The van der Waals surface area contributed by atoms with Crippen molar-refractivity contribution in [1.29, 1.82) is 0 Å². The normalized spacial score (nSPS) is 11.4. The third kappa shape index (κ3) is 3.84. The van der Waals surface area contributed by atoms with Crippen LogP contribution in [-0.4, -0.2) is 19.5 Å². The minimum absolute atomic E-state index is 0.0657. The summed E-state index contributed by atoms with van der Waals surface area (Å²) in [5, 5.41) is 6.06. The number of nitrogens with one attached hydrogen (secondary N) is 2. The molecule has 3 heteroatoms. The van der Waals surface area contributed by atoms with E-state index in [1.807, 2.05) is 13.8 Å². The Morgan fingerprint density at radius 3 is 2.56 bits per heavy atom. The summed E-state index contributed by atoms with van der Waals surface area (Å²) in [5.41, 5.74) is 3.46. The zero-order valence-electron chi connectivity index (χ0n) is 12.1. The molecule has 0 aliphatic rings. The van der Waals surface area contributed by atoms with Crippen LogP contribution in [-0.2, 0) is 11.3 Å². The van der Waals surface area contributed by atoms with Gasteiger partial charge in [0.2, 0.25) is 5.91 Å². The van der Waals surface area contributed by atoms with E-state index in [9.17, 15) is 4.79 Å². The molecule has 3 nitrogen and oxygen atoms in total. The Morgan fingerprint density at radius 2 is 1.94 bits per heavy atom. The van der Waals surface area contributed by atoms with Crippen molar-refractivity contribution in [3.63, 3.8) is 0 Å². The minimum atomic E-state index is -0.382. The molecule has 100 valence electrons. The fourth-order valence-electron chi connectivity index (χ4n) is 1.92. The van der Waals surface area contributed by atoms with Gasteiger partial charge in [-0.05, 0) is 38.8 Å². The van der Waals surface area contributed by atoms with E-state index in [0.717, 1.165) is 6.54 Å². The van der Waals surface area contributed by atoms with Crippen molar-refractivity contribution in [1.82, 2.24) is 10.6 Å². The average Bonchev–Trinajstić information content (AvgIpc) is 2.32. The lowest BCUT2D eigenvalue weighted by molar-refractivity contribution is -0.128. The van der Waals surface area contributed by atoms with Gasteiger partial charge in [-0.15, -0.1) is 0 Å². The van der Waals surface area contributed by atoms with Crippen molar-refractivity contribution in [2.45, 2.75) is 34.2 Å². The summed E-state index contributed by atoms with van der Waals surface area (Å²) in [7, 11) is 1.68. The van der Waals surface area contributed by atoms with Crippen molar-refractivity contribution in [3.05, 3.63) is 34.9 Å². The van der Waals surface area contributed by atoms with Gasteiger partial charge < -0.3 is 10.6 Å². The Balaban J connectivity index is 2.56. The third-order valence-corrected chi connectivity index (χ3v) is 3.23. The van der Waals surface area contributed by atoms with Crippen LogP contribution in [0.25, 0.3) is 0 Å². The van der Waals surface area contributed by atoms with Crippen LogP contribution in [0.3, 0.4) is 0 Å². The summed E-state index contributed by atoms with van der Waals surface area (Å²) in [6, 6.07) is 6.44. The van der Waals surface area contributed by atoms with Gasteiger partial charge in [-0.25, -0.2) is 0 Å². The van der Waals surface area contributed by atoms with Gasteiger partial charge in [0.05, 0.1) is 5.41 Å². The van der Waals surface area contributed by atoms with E-state index in [4.69, 9.17) is 0 Å². The lowest BCUT2D eigenvalue weighted by atomic mass is 9.92. The largest absolute Gasteiger partial charge is 0.359 e. The molecule has 0 heterocycles. The first kappa shape index (κ1) is 14.7. The van der Waals surface area contributed by atoms with Crippen LogP contribution in [0.4, 0.5) is 0 Å². The topological polar surface area (TPSA) is 41.1 Å². The molecule has 2 N–H and O–H groups in total. The molecule has 0 saturated carbocycles. The van der Waals surface area contributed by atoms with Gasteiger partial charge >= 0.3 is 0 Å². The zero-order valence-corrected chi connectivity index (χ0v) is 12.1. The smallest absolute Gasteiger partial charge is 0.226 e. The number of benzene rings is 1. The van der Waals surface area contributed by atoms with E-state index in [1.54, 1.807) is 7.05 Å². The summed E-state index contributed by atoms with van der Waals surface area (Å²) in [6.07, 6.45) is 0. The number of amides is 1. The van der Waals surface area contributed by atoms with Crippen LogP contribution < -0.4 is 10.6 Å². The highest BCUT2D eigenvalue weighted by molar-refractivity contribution is 5.81. The summed E-state index contributed by atoms with van der Waals surface area (Å²) >= 11 is 0. The molecule has 1 rings (SSSR count). The quantitative estimate of drug-likeness (QED) is 0.838. The second-order valence-corrected chi connectivity index (χ2v) is 5.50. The molecule has 0 unspecified atom stereocenters. The number of carbonyl (C=O) groups excluding carboxylic acids is 1. The number of hydrogen-bond donors (Lipinski definition) is 2. The highest BCUT2D eigenvalue weighted by atomic mass is 16.2. The summed E-state index contributed by atoms with van der Waals surface area (Å²) in [6.45, 7) is 9.57. The molecule has 0 spiro atoms. The first-order chi connectivity index (χ1) is 8.36. The van der Waals surface area contributed by atoms with Crippen LogP contribution in [0.15, 0.2) is 18.2 Å². The van der Waals surface area contributed by atoms with Crippen LogP contribution in [0.1, 0.15) is 30.5 Å². The average molecular weight is 248 g/mol. The van der Waals surface area contributed by atoms with E-state index in [1.165, 1.54) is 16.7 Å². The first-order valence-electron chi connectivity index (χ1n) is 6.36. The van der Waals surface area contributed by atoms with E-state index < -0.39 is 0 Å². The van der Waals surface area contributed by atoms with Crippen LogP contribution in [0.2, 0.25) is 0 Å². The maximum atomic E-state index is 11.6. The van der Waals surface area contributed by atoms with Crippen molar-refractivity contribution < 1.29 is 4.79 Å². The van der Waals surface area contributed by atoms with Crippen molar-refractivity contribution in [2.24, 2.45) is 5.41 Å². The van der Waals surface area contributed by atoms with E-state index in [-0.39, 0.29) is 11.3 Å². The minimum Gasteiger partial charge on any atom is -0.359 e. The molecule has 1 aromatic carbocycles. The van der Waals surface area contributed by atoms with E-state index >= 15 is 0 Å². The predicted molar refractivity (Wildman–Crippen MR) is 75.5 cm³/mol. The molecule has 0 aromatic heterocycles. The van der Waals surface area contributed by atoms with Crippen LogP contribution in [0, 0.1) is 19.3 Å². The second-order valence-electron chi connectivity index (χ2n) is 5.50. The number of rotatable bonds is 5. The maximum absolute atomic E-state index is 11.6. The van der Waals surface area contributed by atoms with Crippen molar-refractivity contribution in [2.75, 3.05) is 13.6 Å². The summed E-state index contributed by atoms with van der Waals surface area (Å²) in [5.74, 6) is 0.0657. The SMILES string of the molecule is CNC(=O)C(C)(C)CNCc1cc(C)ccc1C. The lowest BCUT2D eigenvalue weighted by Gasteiger charge is -2.23. The van der Waals surface area contributed by atoms with Crippen molar-refractivity contribution >= 4 is 5.91 Å². The molecular weight excluding hydrogens is 224 g/mol. The predicted octanol–water partition coefficient (Wildman–Crippen LogP) is 2.17. The molecule has 0 atom stereocenters. The zero-order chi connectivity index (χ0) is 13.8. The molecule has 18 heavy (non-hydrogen) atoms. The van der Waals surface area contributed by atoms with Gasteiger partial charge in [0, 0.05) is 20.1 Å². The highest BCUT2D eigenvalue weighted by Crippen LogP contribution is 2.15. The van der Waals surface area contributed by atoms with Crippen LogP contribution in [0.5, 0.6) is 0 Å². The molecule has 0 fully saturated rings. The van der Waals surface area contributed by atoms with Crippen LogP contribution >= 0.6 is 0 Å². The molecule has 0 saturated heterocycles. The molecule has 1 amide bonds. The molecule has 0 aliphatic carbocycles. The van der Waals surface area contributed by atoms with E-state index in [2.05, 4.69) is 42.7 Å². The molecular formula is C15H24N2O. The Labute approximate surface area is 110 Å². The van der Waals surface area contributed by atoms with Gasteiger partial charge in [-0.3, -0.25) is 4.79 Å². The summed E-state index contributed by atoms with van der Waals surface area (Å²) < 4.78 is 0. The molecule has 0 radical (unpaired) electrons. The standard InChI is InChI=1S/C15H24N2O/c1-11-6-7-12(2)13(8-11)9-17-10-15(3,4)14(18)16-5/h6-8,17H,9-10H2,1-5H3,(H,16,18). The van der Waals surface area contributed by atoms with Gasteiger partial charge in [0.25, 0.3) is 0 Å². The number of hydrogen-bond acceptors (Lipinski definition) is 2. The van der Waals surface area contributed by atoms with Gasteiger partial charge in [0.15, 0.2) is 0 Å². The fraction of sp³-hybridized carbons (Fsp3) is 0.533. The first-order valence-corrected chi connectivity index (χ1v) is 6.36. The van der Waals surface area contributed by atoms with Gasteiger partial charge in [0.1, 0.15) is 0 Å². The Hall–Kier alpha value is -1.35. The monoisotopic (exact) mass is 248 g/mol. The van der Waals surface area contributed by atoms with Crippen molar-refractivity contribution in [3.8, 4) is 0 Å². The highest BCUT2D eigenvalue weighted by Gasteiger charge is 2.25. The van der Waals surface area contributed by atoms with Gasteiger partial charge in [-0.2, -0.15) is 0 Å². The Bertz CT molecular complexity index is 425. The number of aryl methyl sites for hydroxylation is 2. The maximum Gasteiger partial charge on any atom is 0.226 e. The third-order valence-electron chi connectivity index (χ3n) is 3.23. The molecule has 1 aromatic rings.